The molecule has 3 rings (SSSR count). The Kier molecular flexibility index (Phi) is 6.31. The maximum absolute atomic E-state index is 12.6. The summed E-state index contributed by atoms with van der Waals surface area (Å²) in [6.45, 7) is 0.630. The zero-order valence-electron chi connectivity index (χ0n) is 15.7. The van der Waals surface area contributed by atoms with Crippen LogP contribution in [0.5, 0.6) is 0 Å². The third kappa shape index (κ3) is 4.89. The molecule has 2 aromatic carbocycles. The van der Waals surface area contributed by atoms with Gasteiger partial charge in [0.15, 0.2) is 0 Å². The molecule has 7 heteroatoms. The Labute approximate surface area is 169 Å². The van der Waals surface area contributed by atoms with Crippen molar-refractivity contribution in [3.63, 3.8) is 0 Å². The van der Waals surface area contributed by atoms with Gasteiger partial charge in [0.2, 0.25) is 11.8 Å². The van der Waals surface area contributed by atoms with Gasteiger partial charge in [-0.2, -0.15) is 0 Å². The molecule has 0 unspecified atom stereocenters. The first-order valence-corrected chi connectivity index (χ1v) is 9.53. The van der Waals surface area contributed by atoms with Crippen molar-refractivity contribution in [3.05, 3.63) is 59.1 Å². The predicted molar refractivity (Wildman–Crippen MR) is 110 cm³/mol. The highest BCUT2D eigenvalue weighted by molar-refractivity contribution is 6.30. The molecular formula is C21H22ClN3O3. The molecule has 28 heavy (non-hydrogen) atoms. The van der Waals surface area contributed by atoms with Crippen LogP contribution in [0.4, 0.5) is 11.4 Å². The van der Waals surface area contributed by atoms with Gasteiger partial charge in [0.05, 0.1) is 6.54 Å². The van der Waals surface area contributed by atoms with Gasteiger partial charge in [0, 0.05) is 42.0 Å². The van der Waals surface area contributed by atoms with Gasteiger partial charge in [-0.1, -0.05) is 11.6 Å². The number of hydrogen-bond acceptors (Lipinski definition) is 3. The first kappa shape index (κ1) is 19.9. The summed E-state index contributed by atoms with van der Waals surface area (Å²) in [5.41, 5.74) is 1.88. The molecular weight excluding hydrogens is 378 g/mol. The van der Waals surface area contributed by atoms with Gasteiger partial charge in [-0.15, -0.1) is 0 Å². The largest absolute Gasteiger partial charge is 0.332 e. The molecule has 1 heterocycles. The Morgan fingerprint density at radius 1 is 1.07 bits per heavy atom. The lowest BCUT2D eigenvalue weighted by Gasteiger charge is -2.27. The number of nitrogens with one attached hydrogen (secondary N) is 1. The molecule has 0 aliphatic carbocycles. The van der Waals surface area contributed by atoms with Crippen molar-refractivity contribution in [2.75, 3.05) is 30.4 Å². The molecule has 0 aromatic heterocycles. The smallest absolute Gasteiger partial charge is 0.254 e. The number of amides is 3. The van der Waals surface area contributed by atoms with Crippen molar-refractivity contribution < 1.29 is 14.4 Å². The molecule has 0 spiro atoms. The molecule has 1 fully saturated rings. The van der Waals surface area contributed by atoms with E-state index in [1.54, 1.807) is 60.5 Å². The Balaban J connectivity index is 1.58. The number of halogens is 1. The van der Waals surface area contributed by atoms with Crippen LogP contribution in [-0.2, 0) is 9.59 Å². The first-order valence-electron chi connectivity index (χ1n) is 9.15. The molecule has 0 atom stereocenters. The predicted octanol–water partition coefficient (Wildman–Crippen LogP) is 3.57. The summed E-state index contributed by atoms with van der Waals surface area (Å²) in [7, 11) is 1.58. The van der Waals surface area contributed by atoms with Crippen molar-refractivity contribution >= 4 is 40.7 Å². The molecule has 2 aromatic rings. The van der Waals surface area contributed by atoms with Crippen LogP contribution in [0.15, 0.2) is 48.5 Å². The van der Waals surface area contributed by atoms with E-state index in [0.717, 1.165) is 18.5 Å². The minimum absolute atomic E-state index is 0.0756. The molecule has 0 radical (unpaired) electrons. The van der Waals surface area contributed by atoms with E-state index >= 15 is 0 Å². The number of anilines is 2. The van der Waals surface area contributed by atoms with E-state index in [-0.39, 0.29) is 24.3 Å². The Morgan fingerprint density at radius 2 is 1.75 bits per heavy atom. The Morgan fingerprint density at radius 3 is 2.39 bits per heavy atom. The molecule has 6 nitrogen and oxygen atoms in total. The fraction of sp³-hybridized carbons (Fsp3) is 0.286. The summed E-state index contributed by atoms with van der Waals surface area (Å²) in [6.07, 6.45) is 2.47. The van der Waals surface area contributed by atoms with Crippen molar-refractivity contribution in [3.8, 4) is 0 Å². The summed E-state index contributed by atoms with van der Waals surface area (Å²) in [4.78, 5) is 39.9. The summed E-state index contributed by atoms with van der Waals surface area (Å²) in [5, 5.41) is 3.31. The zero-order valence-corrected chi connectivity index (χ0v) is 16.4. The van der Waals surface area contributed by atoms with E-state index < -0.39 is 0 Å². The monoisotopic (exact) mass is 399 g/mol. The van der Waals surface area contributed by atoms with Crippen molar-refractivity contribution in [1.82, 2.24) is 4.90 Å². The second kappa shape index (κ2) is 8.89. The molecule has 0 bridgehead atoms. The number of benzene rings is 2. The van der Waals surface area contributed by atoms with E-state index in [4.69, 9.17) is 11.6 Å². The molecule has 1 saturated heterocycles. The number of likely N-dealkylation sites (N-methyl/N-ethyl adjacent to an activating group) is 1. The topological polar surface area (TPSA) is 69.7 Å². The van der Waals surface area contributed by atoms with E-state index in [2.05, 4.69) is 5.32 Å². The summed E-state index contributed by atoms with van der Waals surface area (Å²) >= 11 is 5.82. The lowest BCUT2D eigenvalue weighted by molar-refractivity contribution is -0.119. The standard InChI is InChI=1S/C21H22ClN3O3/c1-24(14-19(26)23-17-9-7-16(22)8-10-17)21(28)15-5-11-18(12-6-15)25-13-3-2-4-20(25)27/h5-12H,2-4,13-14H2,1H3,(H,23,26). The molecule has 146 valence electrons. The van der Waals surface area contributed by atoms with Crippen LogP contribution in [0.25, 0.3) is 0 Å². The van der Waals surface area contributed by atoms with Crippen molar-refractivity contribution in [2.45, 2.75) is 19.3 Å². The van der Waals surface area contributed by atoms with Crippen LogP contribution in [0, 0.1) is 0 Å². The quantitative estimate of drug-likeness (QED) is 0.835. The minimum atomic E-state index is -0.297. The van der Waals surface area contributed by atoms with Crippen LogP contribution in [0.2, 0.25) is 5.02 Å². The van der Waals surface area contributed by atoms with Crippen LogP contribution in [0.1, 0.15) is 29.6 Å². The van der Waals surface area contributed by atoms with Crippen LogP contribution in [-0.4, -0.2) is 42.8 Å². The van der Waals surface area contributed by atoms with Gasteiger partial charge in [0.1, 0.15) is 0 Å². The van der Waals surface area contributed by atoms with Crippen molar-refractivity contribution in [1.29, 1.82) is 0 Å². The van der Waals surface area contributed by atoms with Gasteiger partial charge in [0.25, 0.3) is 5.91 Å². The number of carbonyl (C=O) groups is 3. The highest BCUT2D eigenvalue weighted by atomic mass is 35.5. The van der Waals surface area contributed by atoms with E-state index in [1.165, 1.54) is 4.90 Å². The lowest BCUT2D eigenvalue weighted by Crippen LogP contribution is -2.36. The van der Waals surface area contributed by atoms with E-state index in [0.29, 0.717) is 29.2 Å². The van der Waals surface area contributed by atoms with Gasteiger partial charge < -0.3 is 15.1 Å². The maximum Gasteiger partial charge on any atom is 0.254 e. The highest BCUT2D eigenvalue weighted by Crippen LogP contribution is 2.21. The lowest BCUT2D eigenvalue weighted by atomic mass is 10.1. The summed E-state index contributed by atoms with van der Waals surface area (Å²) < 4.78 is 0. The van der Waals surface area contributed by atoms with Gasteiger partial charge in [-0.05, 0) is 61.4 Å². The van der Waals surface area contributed by atoms with Gasteiger partial charge >= 0.3 is 0 Å². The van der Waals surface area contributed by atoms with Crippen LogP contribution < -0.4 is 10.2 Å². The third-order valence-electron chi connectivity index (χ3n) is 4.60. The molecule has 0 saturated carbocycles. The molecule has 1 aliphatic heterocycles. The van der Waals surface area contributed by atoms with E-state index in [1.807, 2.05) is 0 Å². The fourth-order valence-corrected chi connectivity index (χ4v) is 3.23. The highest BCUT2D eigenvalue weighted by Gasteiger charge is 2.20. The fourth-order valence-electron chi connectivity index (χ4n) is 3.10. The van der Waals surface area contributed by atoms with Gasteiger partial charge in [-0.25, -0.2) is 0 Å². The number of rotatable bonds is 5. The summed E-state index contributed by atoms with van der Waals surface area (Å²) in [5.74, 6) is -0.446. The Bertz CT molecular complexity index is 865. The first-order chi connectivity index (χ1) is 13.4. The number of piperidine rings is 1. The van der Waals surface area contributed by atoms with Crippen molar-refractivity contribution in [2.24, 2.45) is 0 Å². The SMILES string of the molecule is CN(CC(=O)Nc1ccc(Cl)cc1)C(=O)c1ccc(N2CCCCC2=O)cc1. The number of hydrogen-bond donors (Lipinski definition) is 1. The number of carbonyl (C=O) groups excluding carboxylic acids is 3. The van der Waals surface area contributed by atoms with Gasteiger partial charge in [-0.3, -0.25) is 14.4 Å². The van der Waals surface area contributed by atoms with Crippen LogP contribution in [0.3, 0.4) is 0 Å². The third-order valence-corrected chi connectivity index (χ3v) is 4.86. The molecule has 1 aliphatic rings. The molecule has 1 N–H and O–H groups in total. The normalized spacial score (nSPS) is 13.9. The maximum atomic E-state index is 12.6. The second-order valence-electron chi connectivity index (χ2n) is 6.77. The zero-order chi connectivity index (χ0) is 20.1. The average molecular weight is 400 g/mol. The minimum Gasteiger partial charge on any atom is -0.332 e. The average Bonchev–Trinajstić information content (AvgIpc) is 2.69. The number of nitrogens with zero attached hydrogens (tertiary/aromatic N) is 2. The van der Waals surface area contributed by atoms with E-state index in [9.17, 15) is 14.4 Å². The molecule has 3 amide bonds. The summed E-state index contributed by atoms with van der Waals surface area (Å²) in [6, 6.07) is 13.7. The second-order valence-corrected chi connectivity index (χ2v) is 7.20. The Hall–Kier alpha value is -2.86. The van der Waals surface area contributed by atoms with Crippen LogP contribution >= 0.6 is 11.6 Å².